The Morgan fingerprint density at radius 3 is 2.57 bits per heavy atom. The summed E-state index contributed by atoms with van der Waals surface area (Å²) in [6, 6.07) is 11.9. The van der Waals surface area contributed by atoms with E-state index >= 15 is 4.39 Å². The van der Waals surface area contributed by atoms with Crippen LogP contribution in [0.1, 0.15) is 69.6 Å². The number of nitrogens with zero attached hydrogens (tertiary/aromatic N) is 6. The Labute approximate surface area is 266 Å². The number of alkyl halides is 2. The largest absolute Gasteiger partial charge is 0.434 e. The van der Waals surface area contributed by atoms with Crippen LogP contribution >= 0.6 is 0 Å². The van der Waals surface area contributed by atoms with E-state index in [1.807, 2.05) is 45.0 Å². The molecule has 3 aromatic heterocycles. The molecule has 46 heavy (non-hydrogen) atoms. The zero-order chi connectivity index (χ0) is 32.4. The van der Waals surface area contributed by atoms with E-state index in [1.54, 1.807) is 36.3 Å². The van der Waals surface area contributed by atoms with Gasteiger partial charge < -0.3 is 9.30 Å². The summed E-state index contributed by atoms with van der Waals surface area (Å²) in [5.41, 5.74) is 4.32. The van der Waals surface area contributed by atoms with E-state index in [2.05, 4.69) is 24.6 Å². The van der Waals surface area contributed by atoms with Gasteiger partial charge in [0.25, 0.3) is 0 Å². The monoisotopic (exact) mass is 649 g/mol. The van der Waals surface area contributed by atoms with Crippen LogP contribution in [0.3, 0.4) is 0 Å². The Morgan fingerprint density at radius 2 is 1.91 bits per heavy atom. The minimum atomic E-state index is -3.00. The van der Waals surface area contributed by atoms with E-state index in [4.69, 9.17) is 9.72 Å². The van der Waals surface area contributed by atoms with Crippen LogP contribution in [0.15, 0.2) is 54.9 Å². The van der Waals surface area contributed by atoms with Crippen LogP contribution in [0.5, 0.6) is 5.75 Å². The van der Waals surface area contributed by atoms with E-state index in [-0.39, 0.29) is 17.5 Å². The highest BCUT2D eigenvalue weighted by Crippen LogP contribution is 2.46. The van der Waals surface area contributed by atoms with Crippen molar-refractivity contribution in [2.75, 3.05) is 0 Å². The van der Waals surface area contributed by atoms with Crippen molar-refractivity contribution < 1.29 is 22.1 Å². The standard InChI is InChI=1S/C33H34F3N7O2S/c1-32(2,3)46(44)40-33(13-6-14-33)30-22(34)15-20(17-37-30)19-9-10-23-25(16-19)43-24(11-12-28(43)39-23)29-21(26-18-38-41-42(26)4)7-5-8-27(29)45-31(35)36/h5,7-10,15-18,24,31,40H,6,11-14H2,1-4H3/t24-,46-/m1/s1. The molecule has 2 atom stereocenters. The van der Waals surface area contributed by atoms with Crippen LogP contribution < -0.4 is 9.46 Å². The molecule has 0 spiro atoms. The van der Waals surface area contributed by atoms with Crippen molar-refractivity contribution in [2.45, 2.75) is 75.8 Å². The predicted molar refractivity (Wildman–Crippen MR) is 169 cm³/mol. The number of nitrogens with one attached hydrogen (secondary N) is 1. The van der Waals surface area contributed by atoms with Crippen molar-refractivity contribution in [2.24, 2.45) is 7.05 Å². The molecule has 2 aliphatic rings. The number of hydrogen-bond acceptors (Lipinski definition) is 6. The molecule has 5 aromatic rings. The summed E-state index contributed by atoms with van der Waals surface area (Å²) in [6.07, 6.45) is 6.71. The minimum Gasteiger partial charge on any atom is -0.434 e. The summed E-state index contributed by atoms with van der Waals surface area (Å²) in [5.74, 6) is 0.444. The first-order valence-corrected chi connectivity index (χ1v) is 16.4. The van der Waals surface area contributed by atoms with Gasteiger partial charge >= 0.3 is 6.61 Å². The minimum absolute atomic E-state index is 0.0809. The van der Waals surface area contributed by atoms with E-state index in [9.17, 15) is 13.0 Å². The molecule has 7 rings (SSSR count). The molecule has 0 amide bonds. The molecular formula is C33H34F3N7O2S. The zero-order valence-electron chi connectivity index (χ0n) is 25.9. The molecule has 0 radical (unpaired) electrons. The predicted octanol–water partition coefficient (Wildman–Crippen LogP) is 6.60. The average molecular weight is 650 g/mol. The lowest BCUT2D eigenvalue weighted by atomic mass is 9.74. The highest BCUT2D eigenvalue weighted by atomic mass is 32.2. The van der Waals surface area contributed by atoms with Crippen LogP contribution in [0, 0.1) is 5.82 Å². The number of hydrogen-bond donors (Lipinski definition) is 1. The lowest BCUT2D eigenvalue weighted by molar-refractivity contribution is -0.0506. The Hall–Kier alpha value is -4.10. The molecule has 2 aromatic carbocycles. The number of aryl methyl sites for hydroxylation is 2. The fourth-order valence-electron chi connectivity index (χ4n) is 6.55. The fourth-order valence-corrected chi connectivity index (χ4v) is 7.52. The van der Waals surface area contributed by atoms with Gasteiger partial charge in [0.15, 0.2) is 0 Å². The molecule has 1 saturated carbocycles. The highest BCUT2D eigenvalue weighted by molar-refractivity contribution is 7.84. The third kappa shape index (κ3) is 5.19. The van der Waals surface area contributed by atoms with Gasteiger partial charge in [-0.25, -0.2) is 23.0 Å². The SMILES string of the molecule is Cn1nncc1-c1cccc(OC(F)F)c1[C@H]1CCc2nc3ccc(-c4cnc(C5(N[S@](=O)C(C)(C)C)CCC5)c(F)c4)cc3n21. The molecule has 240 valence electrons. The van der Waals surface area contributed by atoms with Crippen LogP contribution in [0.4, 0.5) is 13.2 Å². The Morgan fingerprint density at radius 1 is 1.11 bits per heavy atom. The first-order chi connectivity index (χ1) is 21.9. The van der Waals surface area contributed by atoms with Crippen molar-refractivity contribution in [1.29, 1.82) is 0 Å². The molecule has 1 fully saturated rings. The van der Waals surface area contributed by atoms with Gasteiger partial charge in [0.1, 0.15) is 17.4 Å². The van der Waals surface area contributed by atoms with E-state index in [0.29, 0.717) is 48.1 Å². The Kier molecular flexibility index (Phi) is 7.51. The molecule has 0 unspecified atom stereocenters. The number of rotatable bonds is 8. The highest BCUT2D eigenvalue weighted by Gasteiger charge is 2.45. The van der Waals surface area contributed by atoms with Crippen LogP contribution in [-0.2, 0) is 30.0 Å². The molecule has 9 nitrogen and oxygen atoms in total. The Balaban J connectivity index is 1.29. The van der Waals surface area contributed by atoms with Crippen LogP contribution in [0.25, 0.3) is 33.4 Å². The number of fused-ring (bicyclic) bond motifs is 3. The second-order valence-corrected chi connectivity index (χ2v) is 14.9. The van der Waals surface area contributed by atoms with E-state index in [1.165, 1.54) is 6.07 Å². The van der Waals surface area contributed by atoms with Gasteiger partial charge in [-0.1, -0.05) is 23.4 Å². The Bertz CT molecular complexity index is 1980. The maximum absolute atomic E-state index is 15.8. The summed E-state index contributed by atoms with van der Waals surface area (Å²) in [6.45, 7) is 2.64. The fraction of sp³-hybridized carbons (Fsp3) is 0.394. The average Bonchev–Trinajstić information content (AvgIpc) is 3.69. The van der Waals surface area contributed by atoms with Gasteiger partial charge in [-0.3, -0.25) is 4.98 Å². The van der Waals surface area contributed by atoms with Gasteiger partial charge in [-0.15, -0.1) is 5.10 Å². The summed E-state index contributed by atoms with van der Waals surface area (Å²) >= 11 is 0. The molecule has 0 bridgehead atoms. The maximum Gasteiger partial charge on any atom is 0.387 e. The second kappa shape index (κ2) is 11.3. The van der Waals surface area contributed by atoms with Crippen molar-refractivity contribution in [3.05, 3.63) is 77.8 Å². The van der Waals surface area contributed by atoms with Gasteiger partial charge in [0, 0.05) is 36.4 Å². The third-order valence-corrected chi connectivity index (χ3v) is 10.7. The number of halogens is 3. The van der Waals surface area contributed by atoms with Gasteiger partial charge in [0.05, 0.1) is 55.9 Å². The first-order valence-electron chi connectivity index (χ1n) is 15.2. The molecular weight excluding hydrogens is 615 g/mol. The molecule has 13 heteroatoms. The summed E-state index contributed by atoms with van der Waals surface area (Å²) < 4.78 is 67.4. The van der Waals surface area contributed by atoms with E-state index in [0.717, 1.165) is 28.8 Å². The van der Waals surface area contributed by atoms with Gasteiger partial charge in [0.2, 0.25) is 0 Å². The third-order valence-electron chi connectivity index (χ3n) is 9.00. The number of benzene rings is 2. The maximum atomic E-state index is 15.8. The van der Waals surface area contributed by atoms with E-state index < -0.39 is 33.7 Å². The molecule has 1 aliphatic heterocycles. The van der Waals surface area contributed by atoms with Crippen molar-refractivity contribution in [1.82, 2.24) is 34.3 Å². The summed E-state index contributed by atoms with van der Waals surface area (Å²) in [4.78, 5) is 9.43. The summed E-state index contributed by atoms with van der Waals surface area (Å²) in [7, 11) is 0.367. The second-order valence-electron chi connectivity index (χ2n) is 13.0. The molecule has 1 aliphatic carbocycles. The quantitative estimate of drug-likeness (QED) is 0.203. The van der Waals surface area contributed by atoms with Gasteiger partial charge in [-0.2, -0.15) is 8.78 Å². The zero-order valence-corrected chi connectivity index (χ0v) is 26.7. The first kappa shape index (κ1) is 30.5. The molecule has 4 heterocycles. The lowest BCUT2D eigenvalue weighted by Gasteiger charge is -2.43. The number of aromatic nitrogens is 6. The number of imidazole rings is 1. The number of ether oxygens (including phenoxy) is 1. The normalized spacial score (nSPS) is 18.1. The number of pyridine rings is 1. The topological polar surface area (TPSA) is 99.8 Å². The summed E-state index contributed by atoms with van der Waals surface area (Å²) in [5, 5.41) is 8.04. The molecule has 0 saturated heterocycles. The molecule has 1 N–H and O–H groups in total. The van der Waals surface area contributed by atoms with Crippen molar-refractivity contribution in [3.63, 3.8) is 0 Å². The smallest absolute Gasteiger partial charge is 0.387 e. The van der Waals surface area contributed by atoms with Crippen LogP contribution in [-0.4, -0.2) is 45.1 Å². The van der Waals surface area contributed by atoms with Crippen LogP contribution in [0.2, 0.25) is 0 Å². The van der Waals surface area contributed by atoms with Gasteiger partial charge in [-0.05, 0) is 76.3 Å². The van der Waals surface area contributed by atoms with Crippen molar-refractivity contribution in [3.8, 4) is 28.1 Å². The van der Waals surface area contributed by atoms with Crippen molar-refractivity contribution >= 4 is 22.0 Å². The lowest BCUT2D eigenvalue weighted by Crippen LogP contribution is -2.53.